The summed E-state index contributed by atoms with van der Waals surface area (Å²) in [5.41, 5.74) is 2.24. The van der Waals surface area contributed by atoms with Crippen LogP contribution in [0.3, 0.4) is 0 Å². The summed E-state index contributed by atoms with van der Waals surface area (Å²) in [5, 5.41) is 13.4. The smallest absolute Gasteiger partial charge is 0.0914 e. The molecule has 0 saturated carbocycles. The van der Waals surface area contributed by atoms with Crippen LogP contribution in [0.4, 0.5) is 0 Å². The van der Waals surface area contributed by atoms with Crippen LogP contribution in [0.1, 0.15) is 23.7 Å². The van der Waals surface area contributed by atoms with Gasteiger partial charge in [-0.15, -0.1) is 0 Å². The van der Waals surface area contributed by atoms with E-state index in [1.165, 1.54) is 23.5 Å². The van der Waals surface area contributed by atoms with Crippen molar-refractivity contribution in [1.82, 2.24) is 5.32 Å². The monoisotopic (exact) mass is 237 g/mol. The predicted octanol–water partition coefficient (Wildman–Crippen LogP) is 2.12. The number of benzene rings is 1. The summed E-state index contributed by atoms with van der Waals surface area (Å²) in [4.78, 5) is 0. The van der Waals surface area contributed by atoms with Gasteiger partial charge in [-0.1, -0.05) is 29.8 Å². The van der Waals surface area contributed by atoms with Crippen molar-refractivity contribution in [3.8, 4) is 0 Å². The van der Waals surface area contributed by atoms with Gasteiger partial charge in [-0.05, 0) is 24.7 Å². The molecule has 1 aliphatic heterocycles. The first-order chi connectivity index (χ1) is 7.75. The fraction of sp³-hybridized carbons (Fsp3) is 0.538. The number of thioether (sulfide) groups is 1. The molecule has 2 N–H and O–H groups in total. The Kier molecular flexibility index (Phi) is 4.27. The van der Waals surface area contributed by atoms with Gasteiger partial charge >= 0.3 is 0 Å². The van der Waals surface area contributed by atoms with Crippen LogP contribution in [0, 0.1) is 6.92 Å². The maximum atomic E-state index is 10.0. The lowest BCUT2D eigenvalue weighted by molar-refractivity contribution is 0.171. The highest BCUT2D eigenvalue weighted by molar-refractivity contribution is 7.99. The SMILES string of the molecule is Cc1ccc(C(O)CNC2CCSC2)cc1. The number of nitrogens with one attached hydrogen (secondary N) is 1. The van der Waals surface area contributed by atoms with Crippen LogP contribution >= 0.6 is 11.8 Å². The van der Waals surface area contributed by atoms with Crippen LogP contribution < -0.4 is 5.32 Å². The molecule has 1 aliphatic rings. The average Bonchev–Trinajstić information content (AvgIpc) is 2.80. The van der Waals surface area contributed by atoms with Crippen molar-refractivity contribution in [3.05, 3.63) is 35.4 Å². The van der Waals surface area contributed by atoms with Gasteiger partial charge in [-0.25, -0.2) is 0 Å². The Balaban J connectivity index is 1.82. The van der Waals surface area contributed by atoms with E-state index in [4.69, 9.17) is 0 Å². The first-order valence-electron chi connectivity index (χ1n) is 5.81. The van der Waals surface area contributed by atoms with Crippen LogP contribution in [0.25, 0.3) is 0 Å². The summed E-state index contributed by atoms with van der Waals surface area (Å²) in [6.07, 6.45) is 0.844. The van der Waals surface area contributed by atoms with Gasteiger partial charge in [-0.3, -0.25) is 0 Å². The first kappa shape index (κ1) is 12.0. The van der Waals surface area contributed by atoms with Crippen LogP contribution in [0.15, 0.2) is 24.3 Å². The quantitative estimate of drug-likeness (QED) is 0.841. The molecule has 1 aromatic rings. The number of hydrogen-bond acceptors (Lipinski definition) is 3. The molecule has 0 aliphatic carbocycles. The Labute approximate surface area is 101 Å². The molecule has 2 rings (SSSR count). The van der Waals surface area contributed by atoms with Crippen molar-refractivity contribution in [2.45, 2.75) is 25.5 Å². The molecule has 1 saturated heterocycles. The minimum Gasteiger partial charge on any atom is -0.387 e. The Morgan fingerprint density at radius 2 is 2.19 bits per heavy atom. The maximum absolute atomic E-state index is 10.0. The molecule has 0 aromatic heterocycles. The van der Waals surface area contributed by atoms with E-state index in [2.05, 4.69) is 12.2 Å². The zero-order valence-electron chi connectivity index (χ0n) is 9.65. The normalized spacial score (nSPS) is 22.2. The molecule has 1 fully saturated rings. The number of aliphatic hydroxyl groups is 1. The highest BCUT2D eigenvalue weighted by Gasteiger charge is 2.16. The van der Waals surface area contributed by atoms with Gasteiger partial charge in [0.2, 0.25) is 0 Å². The lowest BCUT2D eigenvalue weighted by Gasteiger charge is -2.16. The first-order valence-corrected chi connectivity index (χ1v) is 6.97. The summed E-state index contributed by atoms with van der Waals surface area (Å²) in [6.45, 7) is 2.72. The van der Waals surface area contributed by atoms with Crippen molar-refractivity contribution in [2.24, 2.45) is 0 Å². The third kappa shape index (κ3) is 3.24. The fourth-order valence-electron chi connectivity index (χ4n) is 1.88. The topological polar surface area (TPSA) is 32.3 Å². The molecule has 2 atom stereocenters. The van der Waals surface area contributed by atoms with Gasteiger partial charge in [0.05, 0.1) is 6.10 Å². The predicted molar refractivity (Wildman–Crippen MR) is 69.9 cm³/mol. The Hall–Kier alpha value is -0.510. The second-order valence-corrected chi connectivity index (χ2v) is 5.55. The van der Waals surface area contributed by atoms with E-state index in [0.29, 0.717) is 12.6 Å². The van der Waals surface area contributed by atoms with Crippen molar-refractivity contribution in [1.29, 1.82) is 0 Å². The minimum atomic E-state index is -0.383. The zero-order valence-corrected chi connectivity index (χ0v) is 10.5. The molecule has 1 heterocycles. The third-order valence-corrected chi connectivity index (χ3v) is 4.15. The van der Waals surface area contributed by atoms with Gasteiger partial charge in [0.25, 0.3) is 0 Å². The van der Waals surface area contributed by atoms with E-state index in [0.717, 1.165) is 5.56 Å². The molecule has 1 aromatic carbocycles. The van der Waals surface area contributed by atoms with Crippen LogP contribution in [0.5, 0.6) is 0 Å². The highest BCUT2D eigenvalue weighted by atomic mass is 32.2. The molecule has 2 unspecified atom stereocenters. The van der Waals surface area contributed by atoms with Crippen LogP contribution in [-0.4, -0.2) is 29.2 Å². The van der Waals surface area contributed by atoms with Crippen molar-refractivity contribution < 1.29 is 5.11 Å². The molecular weight excluding hydrogens is 218 g/mol. The van der Waals surface area contributed by atoms with E-state index in [1.807, 2.05) is 36.0 Å². The van der Waals surface area contributed by atoms with Crippen molar-refractivity contribution >= 4 is 11.8 Å². The number of aryl methyl sites for hydroxylation is 1. The van der Waals surface area contributed by atoms with E-state index >= 15 is 0 Å². The largest absolute Gasteiger partial charge is 0.387 e. The summed E-state index contributed by atoms with van der Waals surface area (Å²) in [7, 11) is 0. The molecule has 0 spiro atoms. The Morgan fingerprint density at radius 1 is 1.44 bits per heavy atom. The maximum Gasteiger partial charge on any atom is 0.0914 e. The highest BCUT2D eigenvalue weighted by Crippen LogP contribution is 2.18. The molecule has 0 bridgehead atoms. The molecule has 16 heavy (non-hydrogen) atoms. The third-order valence-electron chi connectivity index (χ3n) is 2.99. The number of rotatable bonds is 4. The Bertz CT molecular complexity index is 319. The summed E-state index contributed by atoms with van der Waals surface area (Å²) in [6, 6.07) is 8.69. The van der Waals surface area contributed by atoms with E-state index in [9.17, 15) is 5.11 Å². The van der Waals surface area contributed by atoms with Crippen LogP contribution in [-0.2, 0) is 0 Å². The van der Waals surface area contributed by atoms with Gasteiger partial charge < -0.3 is 10.4 Å². The average molecular weight is 237 g/mol. The van der Waals surface area contributed by atoms with E-state index in [1.54, 1.807) is 0 Å². The molecular formula is C13H19NOS. The number of hydrogen-bond donors (Lipinski definition) is 2. The zero-order chi connectivity index (χ0) is 11.4. The summed E-state index contributed by atoms with van der Waals surface area (Å²) in [5.74, 6) is 2.43. The van der Waals surface area contributed by atoms with Gasteiger partial charge in [-0.2, -0.15) is 11.8 Å². The van der Waals surface area contributed by atoms with E-state index in [-0.39, 0.29) is 6.10 Å². The summed E-state index contributed by atoms with van der Waals surface area (Å²) >= 11 is 1.99. The molecule has 0 amide bonds. The standard InChI is InChI=1S/C13H19NOS/c1-10-2-4-11(5-3-10)13(15)8-14-12-6-7-16-9-12/h2-5,12-15H,6-9H2,1H3. The second kappa shape index (κ2) is 5.71. The number of aliphatic hydroxyl groups excluding tert-OH is 1. The fourth-order valence-corrected chi connectivity index (χ4v) is 3.07. The molecule has 0 radical (unpaired) electrons. The van der Waals surface area contributed by atoms with Gasteiger partial charge in [0, 0.05) is 18.3 Å². The van der Waals surface area contributed by atoms with Crippen LogP contribution in [0.2, 0.25) is 0 Å². The summed E-state index contributed by atoms with van der Waals surface area (Å²) < 4.78 is 0. The van der Waals surface area contributed by atoms with Crippen molar-refractivity contribution in [3.63, 3.8) is 0 Å². The Morgan fingerprint density at radius 3 is 2.81 bits per heavy atom. The van der Waals surface area contributed by atoms with Gasteiger partial charge in [0.15, 0.2) is 0 Å². The van der Waals surface area contributed by atoms with Gasteiger partial charge in [0.1, 0.15) is 0 Å². The second-order valence-electron chi connectivity index (χ2n) is 4.40. The van der Waals surface area contributed by atoms with Crippen molar-refractivity contribution in [2.75, 3.05) is 18.1 Å². The molecule has 88 valence electrons. The molecule has 3 heteroatoms. The minimum absolute atomic E-state index is 0.383. The van der Waals surface area contributed by atoms with E-state index < -0.39 is 0 Å². The lowest BCUT2D eigenvalue weighted by atomic mass is 10.1. The molecule has 2 nitrogen and oxygen atoms in total. The lowest BCUT2D eigenvalue weighted by Crippen LogP contribution is -2.32.